The van der Waals surface area contributed by atoms with Gasteiger partial charge in [0.1, 0.15) is 0 Å². The summed E-state index contributed by atoms with van der Waals surface area (Å²) in [5, 5.41) is 8.94. The summed E-state index contributed by atoms with van der Waals surface area (Å²) in [7, 11) is -3.43. The second-order valence-corrected chi connectivity index (χ2v) is 7.14. The van der Waals surface area contributed by atoms with E-state index in [2.05, 4.69) is 11.6 Å². The molecule has 0 atom stereocenters. The van der Waals surface area contributed by atoms with Gasteiger partial charge in [-0.3, -0.25) is 0 Å². The van der Waals surface area contributed by atoms with Crippen LogP contribution in [-0.2, 0) is 16.6 Å². The molecule has 0 unspecified atom stereocenters. The minimum atomic E-state index is -3.43. The molecule has 2 N–H and O–H groups in total. The Labute approximate surface area is 114 Å². The van der Waals surface area contributed by atoms with Crippen molar-refractivity contribution in [3.63, 3.8) is 0 Å². The SMILES string of the molecule is CCCC1(CNS(=O)(=O)c2ccc(CO)cc2)CC1. The smallest absolute Gasteiger partial charge is 0.240 e. The van der Waals surface area contributed by atoms with Gasteiger partial charge in [-0.15, -0.1) is 0 Å². The van der Waals surface area contributed by atoms with E-state index in [1.54, 1.807) is 12.1 Å². The first-order valence-corrected chi connectivity index (χ1v) is 8.19. The number of hydrogen-bond donors (Lipinski definition) is 2. The second kappa shape index (κ2) is 5.61. The van der Waals surface area contributed by atoms with E-state index in [1.807, 2.05) is 0 Å². The number of nitrogens with one attached hydrogen (secondary N) is 1. The lowest BCUT2D eigenvalue weighted by molar-refractivity contribution is 0.282. The highest BCUT2D eigenvalue weighted by Crippen LogP contribution is 2.49. The average molecular weight is 283 g/mol. The first-order chi connectivity index (χ1) is 9.01. The molecular formula is C14H21NO3S. The van der Waals surface area contributed by atoms with Crippen molar-refractivity contribution in [2.45, 2.75) is 44.1 Å². The zero-order valence-electron chi connectivity index (χ0n) is 11.2. The molecule has 1 aromatic rings. The van der Waals surface area contributed by atoms with Gasteiger partial charge in [-0.25, -0.2) is 13.1 Å². The minimum absolute atomic E-state index is 0.0760. The third-order valence-electron chi connectivity index (χ3n) is 3.79. The Morgan fingerprint density at radius 1 is 1.26 bits per heavy atom. The molecule has 0 amide bonds. The zero-order chi connectivity index (χ0) is 13.9. The lowest BCUT2D eigenvalue weighted by atomic mass is 10.0. The average Bonchev–Trinajstić information content (AvgIpc) is 3.18. The summed E-state index contributed by atoms with van der Waals surface area (Å²) in [5.74, 6) is 0. The van der Waals surface area contributed by atoms with Crippen LogP contribution in [0.2, 0.25) is 0 Å². The topological polar surface area (TPSA) is 66.4 Å². The van der Waals surface area contributed by atoms with Crippen LogP contribution in [0.5, 0.6) is 0 Å². The van der Waals surface area contributed by atoms with Gasteiger partial charge in [0, 0.05) is 6.54 Å². The number of aliphatic hydroxyl groups is 1. The maximum atomic E-state index is 12.1. The molecule has 0 spiro atoms. The van der Waals surface area contributed by atoms with Crippen molar-refractivity contribution in [1.82, 2.24) is 4.72 Å². The largest absolute Gasteiger partial charge is 0.392 e. The fourth-order valence-electron chi connectivity index (χ4n) is 2.33. The summed E-state index contributed by atoms with van der Waals surface area (Å²) in [6, 6.07) is 6.33. The summed E-state index contributed by atoms with van der Waals surface area (Å²) in [6.07, 6.45) is 4.41. The lowest BCUT2D eigenvalue weighted by Gasteiger charge is -2.15. The Balaban J connectivity index is 2.01. The van der Waals surface area contributed by atoms with E-state index in [1.165, 1.54) is 12.1 Å². The molecule has 5 heteroatoms. The standard InChI is InChI=1S/C14H21NO3S/c1-2-7-14(8-9-14)11-15-19(17,18)13-5-3-12(10-16)4-6-13/h3-6,15-16H,2,7-11H2,1H3. The normalized spacial score (nSPS) is 17.4. The predicted molar refractivity (Wildman–Crippen MR) is 74.1 cm³/mol. The highest BCUT2D eigenvalue weighted by atomic mass is 32.2. The van der Waals surface area contributed by atoms with E-state index < -0.39 is 10.0 Å². The summed E-state index contributed by atoms with van der Waals surface area (Å²) < 4.78 is 27.0. The molecule has 1 saturated carbocycles. The molecule has 106 valence electrons. The predicted octanol–water partition coefficient (Wildman–Crippen LogP) is 2.04. The Hall–Kier alpha value is -0.910. The Morgan fingerprint density at radius 2 is 1.89 bits per heavy atom. The van der Waals surface area contributed by atoms with E-state index in [-0.39, 0.29) is 16.9 Å². The maximum Gasteiger partial charge on any atom is 0.240 e. The van der Waals surface area contributed by atoms with Gasteiger partial charge >= 0.3 is 0 Å². The van der Waals surface area contributed by atoms with Gasteiger partial charge in [0.15, 0.2) is 0 Å². The summed E-state index contributed by atoms with van der Waals surface area (Å²) in [6.45, 7) is 2.58. The van der Waals surface area contributed by atoms with E-state index in [0.717, 1.165) is 25.7 Å². The molecule has 2 rings (SSSR count). The van der Waals surface area contributed by atoms with Gasteiger partial charge in [-0.1, -0.05) is 25.5 Å². The molecule has 0 heterocycles. The van der Waals surface area contributed by atoms with Crippen LogP contribution in [0.1, 0.15) is 38.2 Å². The van der Waals surface area contributed by atoms with Crippen LogP contribution in [-0.4, -0.2) is 20.1 Å². The summed E-state index contributed by atoms with van der Waals surface area (Å²) in [5.41, 5.74) is 0.913. The van der Waals surface area contributed by atoms with E-state index >= 15 is 0 Å². The van der Waals surface area contributed by atoms with Crippen LogP contribution in [0.25, 0.3) is 0 Å². The Bertz CT molecular complexity index is 518. The number of rotatable bonds is 7. The zero-order valence-corrected chi connectivity index (χ0v) is 12.0. The molecule has 0 bridgehead atoms. The molecule has 0 aromatic heterocycles. The molecule has 0 radical (unpaired) electrons. The summed E-state index contributed by atoms with van der Waals surface area (Å²) in [4.78, 5) is 0.261. The molecule has 0 aliphatic heterocycles. The van der Waals surface area contributed by atoms with Crippen molar-refractivity contribution < 1.29 is 13.5 Å². The molecule has 1 aliphatic carbocycles. The van der Waals surface area contributed by atoms with Gasteiger partial charge < -0.3 is 5.11 Å². The van der Waals surface area contributed by atoms with Crippen molar-refractivity contribution in [3.8, 4) is 0 Å². The van der Waals surface area contributed by atoms with Gasteiger partial charge in [-0.05, 0) is 42.4 Å². The van der Waals surface area contributed by atoms with Crippen LogP contribution in [0.4, 0.5) is 0 Å². The number of benzene rings is 1. The van der Waals surface area contributed by atoms with Crippen molar-refractivity contribution >= 4 is 10.0 Å². The fraction of sp³-hybridized carbons (Fsp3) is 0.571. The van der Waals surface area contributed by atoms with E-state index in [0.29, 0.717) is 12.1 Å². The van der Waals surface area contributed by atoms with E-state index in [4.69, 9.17) is 5.11 Å². The van der Waals surface area contributed by atoms with Crippen LogP contribution < -0.4 is 4.72 Å². The fourth-order valence-corrected chi connectivity index (χ4v) is 3.48. The second-order valence-electron chi connectivity index (χ2n) is 5.38. The van der Waals surface area contributed by atoms with Gasteiger partial charge in [0.2, 0.25) is 10.0 Å². The molecule has 19 heavy (non-hydrogen) atoms. The van der Waals surface area contributed by atoms with E-state index in [9.17, 15) is 8.42 Å². The highest BCUT2D eigenvalue weighted by molar-refractivity contribution is 7.89. The van der Waals surface area contributed by atoms with Crippen molar-refractivity contribution in [2.24, 2.45) is 5.41 Å². The van der Waals surface area contributed by atoms with Crippen molar-refractivity contribution in [3.05, 3.63) is 29.8 Å². The van der Waals surface area contributed by atoms with Gasteiger partial charge in [0.05, 0.1) is 11.5 Å². The van der Waals surface area contributed by atoms with Gasteiger partial charge in [-0.2, -0.15) is 0 Å². The van der Waals surface area contributed by atoms with Crippen LogP contribution in [0.15, 0.2) is 29.2 Å². The van der Waals surface area contributed by atoms with Crippen LogP contribution >= 0.6 is 0 Å². The van der Waals surface area contributed by atoms with Gasteiger partial charge in [0.25, 0.3) is 0 Å². The molecule has 1 fully saturated rings. The molecule has 0 saturated heterocycles. The minimum Gasteiger partial charge on any atom is -0.392 e. The first-order valence-electron chi connectivity index (χ1n) is 6.71. The third-order valence-corrected chi connectivity index (χ3v) is 5.21. The Kier molecular flexibility index (Phi) is 4.28. The van der Waals surface area contributed by atoms with Crippen molar-refractivity contribution in [2.75, 3.05) is 6.54 Å². The third kappa shape index (κ3) is 3.55. The van der Waals surface area contributed by atoms with Crippen molar-refractivity contribution in [1.29, 1.82) is 0 Å². The van der Waals surface area contributed by atoms with Crippen LogP contribution in [0.3, 0.4) is 0 Å². The maximum absolute atomic E-state index is 12.1. The molecule has 1 aliphatic rings. The molecular weight excluding hydrogens is 262 g/mol. The lowest BCUT2D eigenvalue weighted by Crippen LogP contribution is -2.30. The molecule has 4 nitrogen and oxygen atoms in total. The quantitative estimate of drug-likeness (QED) is 0.804. The number of sulfonamides is 1. The first kappa shape index (κ1) is 14.5. The Morgan fingerprint density at radius 3 is 2.37 bits per heavy atom. The number of aliphatic hydroxyl groups excluding tert-OH is 1. The summed E-state index contributed by atoms with van der Waals surface area (Å²) >= 11 is 0. The number of hydrogen-bond acceptors (Lipinski definition) is 3. The monoisotopic (exact) mass is 283 g/mol. The molecule has 1 aromatic carbocycles. The highest BCUT2D eigenvalue weighted by Gasteiger charge is 2.42. The van der Waals surface area contributed by atoms with Crippen LogP contribution in [0, 0.1) is 5.41 Å².